The van der Waals surface area contributed by atoms with Crippen molar-refractivity contribution in [2.45, 2.75) is 26.7 Å². The number of carbonyl (C=O) groups excluding carboxylic acids is 1. The molecule has 0 aliphatic heterocycles. The lowest BCUT2D eigenvalue weighted by molar-refractivity contribution is -0.112. The molecule has 5 nitrogen and oxygen atoms in total. The van der Waals surface area contributed by atoms with Crippen LogP contribution in [0.4, 0.5) is 5.69 Å². The molecule has 2 rings (SSSR count). The topological polar surface area (TPSA) is 74.2 Å². The van der Waals surface area contributed by atoms with Crippen LogP contribution < -0.4 is 15.4 Å². The summed E-state index contributed by atoms with van der Waals surface area (Å²) in [5.41, 5.74) is 3.91. The van der Waals surface area contributed by atoms with E-state index in [1.54, 1.807) is 7.11 Å². The van der Waals surface area contributed by atoms with Crippen LogP contribution in [0.5, 0.6) is 5.75 Å². The molecule has 0 aromatic heterocycles. The Labute approximate surface area is 160 Å². The number of rotatable bonds is 8. The van der Waals surface area contributed by atoms with E-state index in [1.807, 2.05) is 62.4 Å². The van der Waals surface area contributed by atoms with E-state index in [4.69, 9.17) is 4.74 Å². The van der Waals surface area contributed by atoms with Crippen molar-refractivity contribution in [1.29, 1.82) is 5.26 Å². The number of carbonyl (C=O) groups is 1. The van der Waals surface area contributed by atoms with E-state index in [-0.39, 0.29) is 5.57 Å². The number of nitrogens with one attached hydrogen (secondary N) is 2. The number of amides is 1. The number of anilines is 1. The molecule has 0 aliphatic rings. The van der Waals surface area contributed by atoms with Gasteiger partial charge in [0.1, 0.15) is 17.4 Å². The molecule has 0 saturated carbocycles. The minimum Gasteiger partial charge on any atom is -0.496 e. The van der Waals surface area contributed by atoms with E-state index >= 15 is 0 Å². The summed E-state index contributed by atoms with van der Waals surface area (Å²) in [7, 11) is 1.64. The van der Waals surface area contributed by atoms with Crippen molar-refractivity contribution in [2.24, 2.45) is 0 Å². The summed E-state index contributed by atoms with van der Waals surface area (Å²) in [4.78, 5) is 12.5. The summed E-state index contributed by atoms with van der Waals surface area (Å²) < 4.78 is 5.32. The number of hydrogen-bond donors (Lipinski definition) is 2. The van der Waals surface area contributed by atoms with Crippen LogP contribution in [-0.2, 0) is 17.6 Å². The molecule has 27 heavy (non-hydrogen) atoms. The van der Waals surface area contributed by atoms with Gasteiger partial charge in [0.2, 0.25) is 0 Å². The van der Waals surface area contributed by atoms with Crippen molar-refractivity contribution in [3.05, 3.63) is 70.9 Å². The van der Waals surface area contributed by atoms with Crippen LogP contribution in [-0.4, -0.2) is 19.6 Å². The summed E-state index contributed by atoms with van der Waals surface area (Å²) in [6.45, 7) is 4.56. The van der Waals surface area contributed by atoms with E-state index in [0.29, 0.717) is 6.54 Å². The number of nitrogens with zero attached hydrogens (tertiary/aromatic N) is 1. The molecule has 0 radical (unpaired) electrons. The molecule has 0 fully saturated rings. The molecule has 0 heterocycles. The summed E-state index contributed by atoms with van der Waals surface area (Å²) in [5.74, 6) is 0.416. The van der Waals surface area contributed by atoms with Crippen molar-refractivity contribution in [3.63, 3.8) is 0 Å². The number of hydrogen-bond acceptors (Lipinski definition) is 4. The molecule has 0 spiro atoms. The summed E-state index contributed by atoms with van der Waals surface area (Å²) in [5, 5.41) is 15.2. The van der Waals surface area contributed by atoms with E-state index in [1.165, 1.54) is 6.20 Å². The number of benzene rings is 2. The molecule has 2 N–H and O–H groups in total. The van der Waals surface area contributed by atoms with Gasteiger partial charge in [0, 0.05) is 18.4 Å². The Morgan fingerprint density at radius 1 is 1.19 bits per heavy atom. The first-order valence-corrected chi connectivity index (χ1v) is 8.96. The fraction of sp³-hybridized carbons (Fsp3) is 0.273. The molecular weight excluding hydrogens is 338 g/mol. The zero-order chi connectivity index (χ0) is 19.6. The SMILES string of the molecule is CCc1cccc(C)c1NC(=O)/C(C#N)=C\NCCc1ccccc1OC. The Morgan fingerprint density at radius 2 is 1.93 bits per heavy atom. The molecule has 0 atom stereocenters. The largest absolute Gasteiger partial charge is 0.496 e. The predicted molar refractivity (Wildman–Crippen MR) is 108 cm³/mol. The molecule has 0 unspecified atom stereocenters. The van der Waals surface area contributed by atoms with E-state index in [0.717, 1.165) is 41.0 Å². The van der Waals surface area contributed by atoms with Gasteiger partial charge in [-0.1, -0.05) is 43.3 Å². The highest BCUT2D eigenvalue weighted by Gasteiger charge is 2.13. The van der Waals surface area contributed by atoms with Crippen molar-refractivity contribution < 1.29 is 9.53 Å². The maximum atomic E-state index is 12.5. The lowest BCUT2D eigenvalue weighted by atomic mass is 10.1. The second kappa shape index (κ2) is 10.0. The Balaban J connectivity index is 2.00. The van der Waals surface area contributed by atoms with Gasteiger partial charge < -0.3 is 15.4 Å². The van der Waals surface area contributed by atoms with Gasteiger partial charge in [0.05, 0.1) is 7.11 Å². The standard InChI is InChI=1S/C22H25N3O2/c1-4-17-10-7-8-16(2)21(17)25-22(26)19(14-23)15-24-13-12-18-9-5-6-11-20(18)27-3/h5-11,15,24H,4,12-13H2,1-3H3,(H,25,26)/b19-15-. The average Bonchev–Trinajstić information content (AvgIpc) is 2.69. The number of aryl methyl sites for hydroxylation is 2. The summed E-state index contributed by atoms with van der Waals surface area (Å²) >= 11 is 0. The molecule has 2 aromatic carbocycles. The molecule has 140 valence electrons. The molecule has 0 aliphatic carbocycles. The van der Waals surface area contributed by atoms with Gasteiger partial charge in [-0.15, -0.1) is 0 Å². The zero-order valence-electron chi connectivity index (χ0n) is 16.0. The van der Waals surface area contributed by atoms with Crippen molar-refractivity contribution in [1.82, 2.24) is 5.32 Å². The molecule has 2 aromatic rings. The highest BCUT2D eigenvalue weighted by molar-refractivity contribution is 6.07. The third kappa shape index (κ3) is 5.35. The zero-order valence-corrected chi connectivity index (χ0v) is 16.0. The molecular formula is C22H25N3O2. The highest BCUT2D eigenvalue weighted by atomic mass is 16.5. The number of nitriles is 1. The minimum atomic E-state index is -0.411. The first-order chi connectivity index (χ1) is 13.1. The average molecular weight is 363 g/mol. The van der Waals surface area contributed by atoms with E-state index in [9.17, 15) is 10.1 Å². The first kappa shape index (κ1) is 20.1. The van der Waals surface area contributed by atoms with Crippen molar-refractivity contribution in [2.75, 3.05) is 19.0 Å². The fourth-order valence-electron chi connectivity index (χ4n) is 2.82. The Kier molecular flexibility index (Phi) is 7.45. The lowest BCUT2D eigenvalue weighted by Crippen LogP contribution is -2.19. The van der Waals surface area contributed by atoms with Gasteiger partial charge in [-0.25, -0.2) is 0 Å². The third-order valence-corrected chi connectivity index (χ3v) is 4.32. The normalized spacial score (nSPS) is 10.8. The predicted octanol–water partition coefficient (Wildman–Crippen LogP) is 3.74. The lowest BCUT2D eigenvalue weighted by Gasteiger charge is -2.12. The molecule has 1 amide bonds. The van der Waals surface area contributed by atoms with Gasteiger partial charge in [-0.3, -0.25) is 4.79 Å². The second-order valence-electron chi connectivity index (χ2n) is 6.10. The van der Waals surface area contributed by atoms with Gasteiger partial charge >= 0.3 is 0 Å². The smallest absolute Gasteiger partial charge is 0.267 e. The Bertz CT molecular complexity index is 866. The van der Waals surface area contributed by atoms with Crippen LogP contribution in [0.15, 0.2) is 54.2 Å². The number of ether oxygens (including phenoxy) is 1. The fourth-order valence-corrected chi connectivity index (χ4v) is 2.82. The van der Waals surface area contributed by atoms with Crippen LogP contribution in [0.2, 0.25) is 0 Å². The summed E-state index contributed by atoms with van der Waals surface area (Å²) in [6.07, 6.45) is 2.99. The number of methoxy groups -OCH3 is 1. The van der Waals surface area contributed by atoms with Gasteiger partial charge in [0.25, 0.3) is 5.91 Å². The van der Waals surface area contributed by atoms with Crippen LogP contribution in [0.25, 0.3) is 0 Å². The summed E-state index contributed by atoms with van der Waals surface area (Å²) in [6, 6.07) is 15.6. The maximum absolute atomic E-state index is 12.5. The maximum Gasteiger partial charge on any atom is 0.267 e. The van der Waals surface area contributed by atoms with Gasteiger partial charge in [0.15, 0.2) is 0 Å². The third-order valence-electron chi connectivity index (χ3n) is 4.32. The monoisotopic (exact) mass is 363 g/mol. The highest BCUT2D eigenvalue weighted by Crippen LogP contribution is 2.21. The van der Waals surface area contributed by atoms with Crippen LogP contribution in [0.1, 0.15) is 23.6 Å². The van der Waals surface area contributed by atoms with Crippen molar-refractivity contribution in [3.8, 4) is 11.8 Å². The Morgan fingerprint density at radius 3 is 2.63 bits per heavy atom. The van der Waals surface area contributed by atoms with Crippen molar-refractivity contribution >= 4 is 11.6 Å². The minimum absolute atomic E-state index is 0.0420. The van der Waals surface area contributed by atoms with Gasteiger partial charge in [-0.2, -0.15) is 5.26 Å². The number of para-hydroxylation sites is 2. The first-order valence-electron chi connectivity index (χ1n) is 8.96. The molecule has 5 heteroatoms. The van der Waals surface area contributed by atoms with E-state index in [2.05, 4.69) is 10.6 Å². The van der Waals surface area contributed by atoms with Crippen LogP contribution >= 0.6 is 0 Å². The molecule has 0 bridgehead atoms. The van der Waals surface area contributed by atoms with E-state index < -0.39 is 5.91 Å². The van der Waals surface area contributed by atoms with Crippen LogP contribution in [0, 0.1) is 18.3 Å². The quantitative estimate of drug-likeness (QED) is 0.426. The molecule has 0 saturated heterocycles. The second-order valence-corrected chi connectivity index (χ2v) is 6.10. The van der Waals surface area contributed by atoms with Gasteiger partial charge in [-0.05, 0) is 42.5 Å². The van der Waals surface area contributed by atoms with Crippen LogP contribution in [0.3, 0.4) is 0 Å². The Hall–Kier alpha value is -3.26.